The molecule has 1 aliphatic heterocycles. The average molecular weight is 389 g/mol. The van der Waals surface area contributed by atoms with Crippen LogP contribution in [0, 0.1) is 0 Å². The summed E-state index contributed by atoms with van der Waals surface area (Å²) < 4.78 is 10.7. The summed E-state index contributed by atoms with van der Waals surface area (Å²) in [4.78, 5) is 16.5. The van der Waals surface area contributed by atoms with Crippen molar-refractivity contribution < 1.29 is 23.9 Å². The first kappa shape index (κ1) is 19.9. The topological polar surface area (TPSA) is 80.3 Å². The molecule has 1 heterocycles. The molecule has 2 N–H and O–H groups in total. The number of hydrogen-bond donors (Lipinski definition) is 2. The highest BCUT2D eigenvalue weighted by molar-refractivity contribution is 7.98. The van der Waals surface area contributed by atoms with Crippen molar-refractivity contribution in [3.63, 3.8) is 0 Å². The van der Waals surface area contributed by atoms with Gasteiger partial charge in [-0.25, -0.2) is 5.48 Å². The molecule has 0 radical (unpaired) electrons. The SMILES string of the molecule is COc1cc(Cl)ccc1C=C1ON(CCCCCCC(=O)NO)OS1. The molecule has 9 heteroatoms. The molecule has 0 atom stereocenters. The zero-order valence-electron chi connectivity index (χ0n) is 13.9. The van der Waals surface area contributed by atoms with Crippen LogP contribution < -0.4 is 10.2 Å². The Morgan fingerprint density at radius 3 is 2.96 bits per heavy atom. The van der Waals surface area contributed by atoms with Crippen molar-refractivity contribution in [2.45, 2.75) is 32.1 Å². The van der Waals surface area contributed by atoms with Crippen molar-refractivity contribution in [3.05, 3.63) is 33.9 Å². The lowest BCUT2D eigenvalue weighted by Crippen LogP contribution is -2.18. The van der Waals surface area contributed by atoms with E-state index in [1.807, 2.05) is 12.1 Å². The fourth-order valence-corrected chi connectivity index (χ4v) is 2.92. The molecule has 138 valence electrons. The third kappa shape index (κ3) is 6.75. The Morgan fingerprint density at radius 1 is 1.40 bits per heavy atom. The summed E-state index contributed by atoms with van der Waals surface area (Å²) in [7, 11) is 1.59. The number of ether oxygens (including phenoxy) is 1. The monoisotopic (exact) mass is 388 g/mol. The standard InChI is InChI=1S/C16H21ClN2O5S/c1-22-14-11-13(17)8-7-12(14)10-16-23-19(24-25-16)9-5-3-2-4-6-15(20)18-21/h7-8,10-11,21H,2-6,9H2,1H3,(H,18,20). The van der Waals surface area contributed by atoms with Crippen LogP contribution in [-0.4, -0.2) is 30.0 Å². The van der Waals surface area contributed by atoms with Crippen molar-refractivity contribution in [3.8, 4) is 5.75 Å². The summed E-state index contributed by atoms with van der Waals surface area (Å²) in [6.07, 6.45) is 5.62. The highest BCUT2D eigenvalue weighted by atomic mass is 35.5. The number of halogens is 1. The average Bonchev–Trinajstić information content (AvgIpc) is 3.06. The van der Waals surface area contributed by atoms with Crippen molar-refractivity contribution in [2.75, 3.05) is 13.7 Å². The summed E-state index contributed by atoms with van der Waals surface area (Å²) in [6.45, 7) is 0.619. The van der Waals surface area contributed by atoms with E-state index in [2.05, 4.69) is 0 Å². The molecule has 7 nitrogen and oxygen atoms in total. The summed E-state index contributed by atoms with van der Waals surface area (Å²) in [5.74, 6) is 0.310. The quantitative estimate of drug-likeness (QED) is 0.287. The Bertz CT molecular complexity index is 614. The second kappa shape index (κ2) is 10.5. The van der Waals surface area contributed by atoms with Crippen LogP contribution in [0.4, 0.5) is 0 Å². The molecule has 0 aliphatic carbocycles. The molecule has 1 amide bonds. The summed E-state index contributed by atoms with van der Waals surface area (Å²) in [6, 6.07) is 5.37. The Kier molecular flexibility index (Phi) is 8.36. The van der Waals surface area contributed by atoms with Gasteiger partial charge in [0.1, 0.15) is 5.75 Å². The number of methoxy groups -OCH3 is 1. The van der Waals surface area contributed by atoms with Crippen LogP contribution in [0.2, 0.25) is 5.02 Å². The lowest BCUT2D eigenvalue weighted by molar-refractivity contribution is -0.259. The van der Waals surface area contributed by atoms with E-state index in [0.717, 1.165) is 43.3 Å². The van der Waals surface area contributed by atoms with Crippen LogP contribution in [-0.2, 0) is 13.9 Å². The molecular formula is C16H21ClN2O5S. The van der Waals surface area contributed by atoms with Crippen LogP contribution in [0.15, 0.2) is 23.3 Å². The molecule has 1 aliphatic rings. The number of hydroxylamine groups is 3. The number of nitrogens with zero attached hydrogens (tertiary/aromatic N) is 1. The predicted octanol–water partition coefficient (Wildman–Crippen LogP) is 3.93. The number of carbonyl (C=O) groups excluding carboxylic acids is 1. The Balaban J connectivity index is 1.72. The molecule has 0 bridgehead atoms. The molecule has 1 aromatic carbocycles. The van der Waals surface area contributed by atoms with Crippen LogP contribution in [0.5, 0.6) is 5.75 Å². The number of unbranched alkanes of at least 4 members (excludes halogenated alkanes) is 3. The third-order valence-corrected chi connectivity index (χ3v) is 4.31. The molecule has 2 rings (SSSR count). The fraction of sp³-hybridized carbons (Fsp3) is 0.438. The van der Waals surface area contributed by atoms with Crippen molar-refractivity contribution in [1.82, 2.24) is 10.7 Å². The smallest absolute Gasteiger partial charge is 0.243 e. The summed E-state index contributed by atoms with van der Waals surface area (Å²) in [5.41, 5.74) is 2.47. The minimum absolute atomic E-state index is 0.332. The van der Waals surface area contributed by atoms with Gasteiger partial charge in [0, 0.05) is 23.1 Å². The van der Waals surface area contributed by atoms with Gasteiger partial charge in [-0.05, 0) is 36.3 Å². The van der Waals surface area contributed by atoms with E-state index in [9.17, 15) is 4.79 Å². The predicted molar refractivity (Wildman–Crippen MR) is 95.5 cm³/mol. The number of rotatable bonds is 9. The van der Waals surface area contributed by atoms with Gasteiger partial charge < -0.3 is 9.57 Å². The van der Waals surface area contributed by atoms with Crippen LogP contribution in [0.1, 0.15) is 37.7 Å². The number of nitrogens with one attached hydrogen (secondary N) is 1. The highest BCUT2D eigenvalue weighted by Crippen LogP contribution is 2.34. The minimum atomic E-state index is -0.352. The van der Waals surface area contributed by atoms with E-state index in [0.29, 0.717) is 28.8 Å². The molecule has 0 saturated carbocycles. The van der Waals surface area contributed by atoms with Gasteiger partial charge in [-0.3, -0.25) is 10.0 Å². The number of amides is 1. The van der Waals surface area contributed by atoms with Gasteiger partial charge in [0.2, 0.25) is 11.0 Å². The van der Waals surface area contributed by atoms with Gasteiger partial charge in [0.25, 0.3) is 0 Å². The summed E-state index contributed by atoms with van der Waals surface area (Å²) in [5, 5.41) is 11.0. The zero-order valence-corrected chi connectivity index (χ0v) is 15.4. The maximum absolute atomic E-state index is 10.9. The van der Waals surface area contributed by atoms with Crippen molar-refractivity contribution in [1.29, 1.82) is 0 Å². The Labute approximate surface area is 155 Å². The number of hydrogen-bond acceptors (Lipinski definition) is 7. The third-order valence-electron chi connectivity index (χ3n) is 3.48. The van der Waals surface area contributed by atoms with Gasteiger partial charge in [0.05, 0.1) is 25.7 Å². The van der Waals surface area contributed by atoms with Crippen LogP contribution >= 0.6 is 23.6 Å². The van der Waals surface area contributed by atoms with E-state index < -0.39 is 0 Å². The molecule has 25 heavy (non-hydrogen) atoms. The first-order chi connectivity index (χ1) is 12.1. The second-order valence-electron chi connectivity index (χ2n) is 5.35. The number of carbonyl (C=O) groups is 1. The first-order valence-corrected chi connectivity index (χ1v) is 9.02. The van der Waals surface area contributed by atoms with E-state index in [1.165, 1.54) is 5.23 Å². The van der Waals surface area contributed by atoms with Gasteiger partial charge in [-0.15, -0.1) is 0 Å². The lowest BCUT2D eigenvalue weighted by Gasteiger charge is -2.10. The molecule has 1 saturated heterocycles. The highest BCUT2D eigenvalue weighted by Gasteiger charge is 2.21. The molecule has 0 aromatic heterocycles. The number of benzene rings is 1. The first-order valence-electron chi connectivity index (χ1n) is 7.90. The normalized spacial score (nSPS) is 16.0. The maximum atomic E-state index is 10.9. The molecular weight excluding hydrogens is 368 g/mol. The van der Waals surface area contributed by atoms with E-state index in [1.54, 1.807) is 24.7 Å². The van der Waals surface area contributed by atoms with E-state index in [4.69, 9.17) is 30.7 Å². The zero-order chi connectivity index (χ0) is 18.1. The van der Waals surface area contributed by atoms with Crippen LogP contribution in [0.25, 0.3) is 6.08 Å². The van der Waals surface area contributed by atoms with Gasteiger partial charge in [0.15, 0.2) is 0 Å². The lowest BCUT2D eigenvalue weighted by atomic mass is 10.1. The van der Waals surface area contributed by atoms with E-state index >= 15 is 0 Å². The molecule has 0 unspecified atom stereocenters. The molecule has 1 fully saturated rings. The second-order valence-corrected chi connectivity index (χ2v) is 6.51. The molecule has 1 aromatic rings. The van der Waals surface area contributed by atoms with Crippen molar-refractivity contribution >= 4 is 35.6 Å². The maximum Gasteiger partial charge on any atom is 0.243 e. The minimum Gasteiger partial charge on any atom is -0.496 e. The Hall–Kier alpha value is -1.45. The molecule has 0 spiro atoms. The van der Waals surface area contributed by atoms with Crippen molar-refractivity contribution in [2.24, 2.45) is 0 Å². The van der Waals surface area contributed by atoms with Gasteiger partial charge in [-0.1, -0.05) is 24.4 Å². The van der Waals surface area contributed by atoms with E-state index in [-0.39, 0.29) is 5.91 Å². The van der Waals surface area contributed by atoms with Gasteiger partial charge >= 0.3 is 0 Å². The summed E-state index contributed by atoms with van der Waals surface area (Å²) >= 11 is 7.09. The fourth-order valence-electron chi connectivity index (χ4n) is 2.21. The van der Waals surface area contributed by atoms with Gasteiger partial charge in [-0.2, -0.15) is 4.28 Å². The Morgan fingerprint density at radius 2 is 2.20 bits per heavy atom. The van der Waals surface area contributed by atoms with Crippen LogP contribution in [0.3, 0.4) is 0 Å². The largest absolute Gasteiger partial charge is 0.496 e.